The van der Waals surface area contributed by atoms with Crippen LogP contribution in [0.2, 0.25) is 0 Å². The topological polar surface area (TPSA) is 156 Å². The number of hydrogen-bond acceptors (Lipinski definition) is 9. The zero-order chi connectivity index (χ0) is 30.0. The van der Waals surface area contributed by atoms with Gasteiger partial charge in [0.15, 0.2) is 0 Å². The van der Waals surface area contributed by atoms with Gasteiger partial charge in [-0.1, -0.05) is 45.0 Å². The number of rotatable bonds is 14. The van der Waals surface area contributed by atoms with E-state index in [0.29, 0.717) is 26.4 Å². The summed E-state index contributed by atoms with van der Waals surface area (Å²) >= 11 is 1.58. The van der Waals surface area contributed by atoms with E-state index in [0.717, 1.165) is 21.7 Å². The number of aliphatic hydroxyl groups excluding tert-OH is 1. The summed E-state index contributed by atoms with van der Waals surface area (Å²) in [6.07, 6.45) is -0.626. The molecule has 41 heavy (non-hydrogen) atoms. The van der Waals surface area contributed by atoms with Crippen molar-refractivity contribution in [3.8, 4) is 10.4 Å². The van der Waals surface area contributed by atoms with Crippen LogP contribution < -0.4 is 16.4 Å². The van der Waals surface area contributed by atoms with Crippen molar-refractivity contribution in [2.45, 2.75) is 65.3 Å². The molecule has 11 nitrogen and oxygen atoms in total. The number of likely N-dealkylation sites (tertiary alicyclic amines) is 1. The lowest BCUT2D eigenvalue weighted by atomic mass is 9.85. The molecule has 2 aromatic rings. The first-order valence-electron chi connectivity index (χ1n) is 13.9. The molecule has 1 aliphatic rings. The molecule has 1 fully saturated rings. The number of carbonyl (C=O) groups is 3. The number of nitrogens with one attached hydrogen (secondary N) is 2. The Morgan fingerprint density at radius 2 is 1.83 bits per heavy atom. The highest BCUT2D eigenvalue weighted by Gasteiger charge is 2.44. The fraction of sp³-hybridized carbons (Fsp3) is 0.586. The fourth-order valence-electron chi connectivity index (χ4n) is 4.58. The van der Waals surface area contributed by atoms with E-state index in [2.05, 4.69) is 15.6 Å². The molecule has 1 aromatic heterocycles. The molecule has 0 spiro atoms. The van der Waals surface area contributed by atoms with Gasteiger partial charge in [-0.15, -0.1) is 11.3 Å². The maximum Gasteiger partial charge on any atom is 0.246 e. The minimum Gasteiger partial charge on any atom is -0.391 e. The van der Waals surface area contributed by atoms with Crippen molar-refractivity contribution >= 4 is 29.1 Å². The summed E-state index contributed by atoms with van der Waals surface area (Å²) in [5.41, 5.74) is 9.50. The summed E-state index contributed by atoms with van der Waals surface area (Å²) in [5, 5.41) is 16.1. The lowest BCUT2D eigenvalue weighted by molar-refractivity contribution is -0.144. The van der Waals surface area contributed by atoms with Gasteiger partial charge in [0, 0.05) is 32.5 Å². The standard InChI is InChI=1S/C29H43N5O6S/c1-19-25(41-18-32-19)21-7-5-20(6-8-21)16-31-27(37)23-15-22(35)17-34(23)28(38)26(29(2,3)4)33-24(36)9-11-39-13-14-40-12-10-30/h5-8,18,22-23,26,35H,9-17,30H2,1-4H3,(H,31,37)(H,33,36)/t22-,23?,26?/m1/s1. The predicted molar refractivity (Wildman–Crippen MR) is 157 cm³/mol. The molecule has 226 valence electrons. The lowest BCUT2D eigenvalue weighted by Gasteiger charge is -2.35. The molecule has 3 atom stereocenters. The van der Waals surface area contributed by atoms with Gasteiger partial charge in [0.25, 0.3) is 0 Å². The maximum absolute atomic E-state index is 13.7. The molecule has 1 aromatic carbocycles. The summed E-state index contributed by atoms with van der Waals surface area (Å²) in [7, 11) is 0. The number of nitrogens with zero attached hydrogens (tertiary/aromatic N) is 2. The molecule has 0 saturated carbocycles. The monoisotopic (exact) mass is 589 g/mol. The molecule has 0 radical (unpaired) electrons. The normalized spacial score (nSPS) is 17.9. The zero-order valence-electron chi connectivity index (χ0n) is 24.4. The number of ether oxygens (including phenoxy) is 2. The molecule has 0 bridgehead atoms. The SMILES string of the molecule is Cc1ncsc1-c1ccc(CNC(=O)C2C[C@@H](O)CN2C(=O)C(NC(=O)CCOCCOCCN)C(C)(C)C)cc1. The third-order valence-electron chi connectivity index (χ3n) is 6.82. The van der Waals surface area contributed by atoms with E-state index in [1.54, 1.807) is 11.3 Å². The summed E-state index contributed by atoms with van der Waals surface area (Å²) in [5.74, 6) is -1.08. The van der Waals surface area contributed by atoms with Crippen LogP contribution in [0, 0.1) is 12.3 Å². The highest BCUT2D eigenvalue weighted by molar-refractivity contribution is 7.13. The van der Waals surface area contributed by atoms with Crippen molar-refractivity contribution in [1.82, 2.24) is 20.5 Å². The third kappa shape index (κ3) is 9.57. The Morgan fingerprint density at radius 3 is 2.44 bits per heavy atom. The zero-order valence-corrected chi connectivity index (χ0v) is 25.2. The average Bonchev–Trinajstić information content (AvgIpc) is 3.54. The quantitative estimate of drug-likeness (QED) is 0.242. The summed E-state index contributed by atoms with van der Waals surface area (Å²) in [6, 6.07) is 6.16. The van der Waals surface area contributed by atoms with Gasteiger partial charge in [0.2, 0.25) is 17.7 Å². The van der Waals surface area contributed by atoms with Gasteiger partial charge < -0.3 is 35.8 Å². The van der Waals surface area contributed by atoms with Crippen LogP contribution in [-0.4, -0.2) is 90.4 Å². The molecule has 5 N–H and O–H groups in total. The molecule has 0 aliphatic carbocycles. The number of carbonyl (C=O) groups excluding carboxylic acids is 3. The van der Waals surface area contributed by atoms with Crippen LogP contribution in [0.3, 0.4) is 0 Å². The van der Waals surface area contributed by atoms with Crippen molar-refractivity contribution in [2.24, 2.45) is 11.1 Å². The number of nitrogens with two attached hydrogens (primary N) is 1. The van der Waals surface area contributed by atoms with E-state index in [9.17, 15) is 19.5 Å². The number of aliphatic hydroxyl groups is 1. The van der Waals surface area contributed by atoms with E-state index in [4.69, 9.17) is 15.2 Å². The number of hydrogen-bond donors (Lipinski definition) is 4. The van der Waals surface area contributed by atoms with E-state index in [1.807, 2.05) is 57.5 Å². The van der Waals surface area contributed by atoms with Crippen molar-refractivity contribution in [3.05, 3.63) is 41.0 Å². The van der Waals surface area contributed by atoms with E-state index in [-0.39, 0.29) is 44.4 Å². The second-order valence-electron chi connectivity index (χ2n) is 11.2. The minimum absolute atomic E-state index is 0.0220. The van der Waals surface area contributed by atoms with Crippen LogP contribution in [0.15, 0.2) is 29.8 Å². The van der Waals surface area contributed by atoms with Gasteiger partial charge in [-0.2, -0.15) is 0 Å². The van der Waals surface area contributed by atoms with Crippen LogP contribution in [0.4, 0.5) is 0 Å². The van der Waals surface area contributed by atoms with Crippen molar-refractivity contribution < 1.29 is 29.0 Å². The maximum atomic E-state index is 13.7. The number of β-amino-alcohol motifs (C(OH)–C–C–N with tert-alkyl or cyclic N) is 1. The predicted octanol–water partition coefficient (Wildman–Crippen LogP) is 1.61. The Kier molecular flexibility index (Phi) is 12.2. The van der Waals surface area contributed by atoms with Gasteiger partial charge in [-0.05, 0) is 23.5 Å². The van der Waals surface area contributed by atoms with Crippen LogP contribution in [0.25, 0.3) is 10.4 Å². The first kappa shape index (κ1) is 32.6. The smallest absolute Gasteiger partial charge is 0.246 e. The molecular formula is C29H43N5O6S. The second kappa shape index (κ2) is 15.4. The van der Waals surface area contributed by atoms with E-state index in [1.165, 1.54) is 4.90 Å². The van der Waals surface area contributed by atoms with Crippen LogP contribution in [0.1, 0.15) is 44.9 Å². The number of aromatic nitrogens is 1. The molecule has 1 saturated heterocycles. The van der Waals surface area contributed by atoms with Crippen molar-refractivity contribution in [3.63, 3.8) is 0 Å². The average molecular weight is 590 g/mol. The van der Waals surface area contributed by atoms with Crippen LogP contribution >= 0.6 is 11.3 Å². The molecule has 12 heteroatoms. The van der Waals surface area contributed by atoms with Gasteiger partial charge in [0.1, 0.15) is 12.1 Å². The Hall–Kier alpha value is -2.90. The highest BCUT2D eigenvalue weighted by atomic mass is 32.1. The fourth-order valence-corrected chi connectivity index (χ4v) is 5.40. The van der Waals surface area contributed by atoms with Gasteiger partial charge in [-0.25, -0.2) is 4.98 Å². The summed E-state index contributed by atoms with van der Waals surface area (Å²) in [4.78, 5) is 46.3. The lowest BCUT2D eigenvalue weighted by Crippen LogP contribution is -2.57. The number of aryl methyl sites for hydroxylation is 1. The number of amides is 3. The van der Waals surface area contributed by atoms with Crippen molar-refractivity contribution in [1.29, 1.82) is 0 Å². The van der Waals surface area contributed by atoms with E-state index >= 15 is 0 Å². The Bertz CT molecular complexity index is 1150. The second-order valence-corrected chi connectivity index (χ2v) is 12.1. The molecular weight excluding hydrogens is 546 g/mol. The Morgan fingerprint density at radius 1 is 1.15 bits per heavy atom. The van der Waals surface area contributed by atoms with E-state index < -0.39 is 29.5 Å². The van der Waals surface area contributed by atoms with Crippen molar-refractivity contribution in [2.75, 3.05) is 39.5 Å². The van der Waals surface area contributed by atoms with Gasteiger partial charge >= 0.3 is 0 Å². The first-order valence-corrected chi connectivity index (χ1v) is 14.8. The number of thiazole rings is 1. The highest BCUT2D eigenvalue weighted by Crippen LogP contribution is 2.28. The summed E-state index contributed by atoms with van der Waals surface area (Å²) in [6.45, 7) is 9.61. The van der Waals surface area contributed by atoms with Gasteiger partial charge in [0.05, 0.1) is 48.6 Å². The molecule has 2 unspecified atom stereocenters. The summed E-state index contributed by atoms with van der Waals surface area (Å²) < 4.78 is 10.7. The Balaban J connectivity index is 1.57. The largest absolute Gasteiger partial charge is 0.391 e. The first-order chi connectivity index (χ1) is 19.5. The molecule has 1 aliphatic heterocycles. The van der Waals surface area contributed by atoms with Crippen LogP contribution in [0.5, 0.6) is 0 Å². The third-order valence-corrected chi connectivity index (χ3v) is 7.80. The molecule has 3 amide bonds. The Labute approximate surface area is 245 Å². The van der Waals surface area contributed by atoms with Gasteiger partial charge in [-0.3, -0.25) is 14.4 Å². The minimum atomic E-state index is -0.883. The number of benzene rings is 1. The van der Waals surface area contributed by atoms with Crippen LogP contribution in [-0.2, 0) is 30.4 Å². The molecule has 3 rings (SSSR count). The molecule has 2 heterocycles.